The number of carbonyl (C=O) groups excluding carboxylic acids is 1. The summed E-state index contributed by atoms with van der Waals surface area (Å²) in [4.78, 5) is 10.4. The number of halogens is 1. The van der Waals surface area contributed by atoms with Gasteiger partial charge in [0.2, 0.25) is 0 Å². The van der Waals surface area contributed by atoms with Gasteiger partial charge in [-0.1, -0.05) is 19.8 Å². The van der Waals surface area contributed by atoms with Gasteiger partial charge in [0.25, 0.3) is 0 Å². The van der Waals surface area contributed by atoms with Gasteiger partial charge in [0.1, 0.15) is 0 Å². The molecule has 7 heteroatoms. The molecule has 0 N–H and O–H groups in total. The van der Waals surface area contributed by atoms with Crippen molar-refractivity contribution < 1.29 is 31.3 Å². The molecule has 27 heavy (non-hydrogen) atoms. The molecular weight excluding hydrogens is 400 g/mol. The number of carboxylic acids is 1. The summed E-state index contributed by atoms with van der Waals surface area (Å²) in [5, 5.41) is 10.4. The van der Waals surface area contributed by atoms with Crippen LogP contribution in [0.5, 0.6) is 0 Å². The standard InChI is InChI=1S/C10H20O2S2.2C5H14N.ClH/c1-9(10(11)12)8-14-7-5-3-2-4-6-13;2*1-5-6(2,3)4;/h9,13H,2-8H2,1H3,(H,11,12);2*5H2,1-4H3;1H/q;2*+1;/p-2. The maximum absolute atomic E-state index is 10.4. The van der Waals surface area contributed by atoms with Crippen molar-refractivity contribution in [2.75, 3.05) is 72.6 Å². The first-order valence-electron chi connectivity index (χ1n) is 9.81. The van der Waals surface area contributed by atoms with Gasteiger partial charge in [-0.05, 0) is 38.2 Å². The third-order valence-corrected chi connectivity index (χ3v) is 5.49. The fraction of sp³-hybridized carbons (Fsp3) is 0.950. The molecule has 0 aliphatic rings. The van der Waals surface area contributed by atoms with Crippen LogP contribution in [0.3, 0.4) is 0 Å². The molecule has 0 bridgehead atoms. The molecule has 0 aromatic heterocycles. The van der Waals surface area contributed by atoms with Gasteiger partial charge >= 0.3 is 0 Å². The van der Waals surface area contributed by atoms with Crippen LogP contribution in [0.15, 0.2) is 0 Å². The zero-order valence-electron chi connectivity index (χ0n) is 19.4. The number of aliphatic carboxylic acids is 1. The second-order valence-corrected chi connectivity index (χ2v) is 10.2. The molecule has 0 saturated heterocycles. The van der Waals surface area contributed by atoms with Crippen LogP contribution in [-0.4, -0.2) is 87.6 Å². The average molecular weight is 447 g/mol. The Morgan fingerprint density at radius 1 is 0.926 bits per heavy atom. The Labute approximate surface area is 186 Å². The number of carbonyl (C=O) groups is 1. The third-order valence-electron chi connectivity index (χ3n) is 3.86. The summed E-state index contributed by atoms with van der Waals surface area (Å²) >= 11 is 5.84. The SMILES string of the molecule is CC(CSCCCCCCS)C(=O)[O-].CC[N+](C)(C)C.CC[N+](C)(C)C.[Cl-]. The molecule has 0 aromatic carbocycles. The van der Waals surface area contributed by atoms with E-state index in [-0.39, 0.29) is 18.3 Å². The van der Waals surface area contributed by atoms with Crippen molar-refractivity contribution >= 4 is 30.4 Å². The summed E-state index contributed by atoms with van der Waals surface area (Å²) in [6.45, 7) is 8.48. The van der Waals surface area contributed by atoms with E-state index in [1.165, 1.54) is 38.8 Å². The van der Waals surface area contributed by atoms with Crippen molar-refractivity contribution in [3.8, 4) is 0 Å². The number of hydrogen-bond donors (Lipinski definition) is 1. The number of rotatable bonds is 11. The van der Waals surface area contributed by atoms with Crippen LogP contribution in [0.25, 0.3) is 0 Å². The zero-order valence-corrected chi connectivity index (χ0v) is 21.9. The molecule has 0 spiro atoms. The Morgan fingerprint density at radius 2 is 1.30 bits per heavy atom. The molecule has 0 aliphatic heterocycles. The summed E-state index contributed by atoms with van der Waals surface area (Å²) in [6, 6.07) is 0. The van der Waals surface area contributed by atoms with E-state index < -0.39 is 5.97 Å². The lowest BCUT2D eigenvalue weighted by Crippen LogP contribution is -3.00. The van der Waals surface area contributed by atoms with Crippen LogP contribution in [0.2, 0.25) is 0 Å². The molecule has 0 aliphatic carbocycles. The molecule has 0 saturated carbocycles. The Hall–Kier alpha value is 0.380. The highest BCUT2D eigenvalue weighted by Crippen LogP contribution is 2.11. The minimum atomic E-state index is -0.937. The zero-order chi connectivity index (χ0) is 21.2. The normalized spacial score (nSPS) is 11.9. The van der Waals surface area contributed by atoms with Crippen LogP contribution < -0.4 is 17.5 Å². The van der Waals surface area contributed by atoms with E-state index >= 15 is 0 Å². The maximum atomic E-state index is 10.4. The molecule has 1 atom stereocenters. The van der Waals surface area contributed by atoms with E-state index in [1.807, 2.05) is 0 Å². The molecular formula is C20H47ClN2O2S2. The van der Waals surface area contributed by atoms with Crippen LogP contribution in [0, 0.1) is 5.92 Å². The molecule has 0 heterocycles. The number of unbranched alkanes of at least 4 members (excludes halogenated alkanes) is 3. The monoisotopic (exact) mass is 446 g/mol. The first-order chi connectivity index (χ1) is 11.8. The topological polar surface area (TPSA) is 40.1 Å². The van der Waals surface area contributed by atoms with Crippen molar-refractivity contribution in [3.05, 3.63) is 0 Å². The van der Waals surface area contributed by atoms with Crippen LogP contribution in [0.4, 0.5) is 0 Å². The van der Waals surface area contributed by atoms with Crippen molar-refractivity contribution in [2.45, 2.75) is 46.5 Å². The second kappa shape index (κ2) is 21.1. The minimum Gasteiger partial charge on any atom is -1.00 e. The van der Waals surface area contributed by atoms with E-state index in [9.17, 15) is 9.90 Å². The van der Waals surface area contributed by atoms with Crippen molar-refractivity contribution in [1.82, 2.24) is 0 Å². The van der Waals surface area contributed by atoms with Gasteiger partial charge in [-0.15, -0.1) is 0 Å². The number of thioether (sulfide) groups is 1. The summed E-state index contributed by atoms with van der Waals surface area (Å²) in [5.41, 5.74) is 0. The molecule has 0 radical (unpaired) electrons. The predicted octanol–water partition coefficient (Wildman–Crippen LogP) is 0.0248. The summed E-state index contributed by atoms with van der Waals surface area (Å²) in [7, 11) is 13.1. The Bertz CT molecular complexity index is 306. The lowest BCUT2D eigenvalue weighted by atomic mass is 10.2. The van der Waals surface area contributed by atoms with Crippen LogP contribution >= 0.6 is 24.4 Å². The number of quaternary nitrogens is 2. The molecule has 0 fully saturated rings. The van der Waals surface area contributed by atoms with Crippen molar-refractivity contribution in [1.29, 1.82) is 0 Å². The molecule has 0 rings (SSSR count). The highest BCUT2D eigenvalue weighted by atomic mass is 35.5. The molecule has 168 valence electrons. The molecule has 1 unspecified atom stereocenters. The van der Waals surface area contributed by atoms with Gasteiger partial charge in [-0.2, -0.15) is 24.4 Å². The van der Waals surface area contributed by atoms with E-state index in [4.69, 9.17) is 0 Å². The lowest BCUT2D eigenvalue weighted by Gasteiger charge is -2.20. The van der Waals surface area contributed by atoms with Crippen molar-refractivity contribution in [2.24, 2.45) is 5.92 Å². The van der Waals surface area contributed by atoms with Gasteiger partial charge in [0.15, 0.2) is 0 Å². The maximum Gasteiger partial charge on any atom is 0.0751 e. The highest BCUT2D eigenvalue weighted by Gasteiger charge is 2.02. The third kappa shape index (κ3) is 41.7. The quantitative estimate of drug-likeness (QED) is 0.276. The first kappa shape index (κ1) is 34.9. The van der Waals surface area contributed by atoms with E-state index in [1.54, 1.807) is 18.7 Å². The number of hydrogen-bond acceptors (Lipinski definition) is 4. The Kier molecular flexibility index (Phi) is 27.2. The van der Waals surface area contributed by atoms with Gasteiger partial charge in [0, 0.05) is 17.6 Å². The summed E-state index contributed by atoms with van der Waals surface area (Å²) in [6.07, 6.45) is 4.83. The molecule has 0 aromatic rings. The van der Waals surface area contributed by atoms with Crippen LogP contribution in [0.1, 0.15) is 46.5 Å². The number of carboxylic acid groups (broad SMARTS) is 1. The lowest BCUT2D eigenvalue weighted by molar-refractivity contribution is -0.868. The average Bonchev–Trinajstić information content (AvgIpc) is 2.53. The van der Waals surface area contributed by atoms with Gasteiger partial charge < -0.3 is 31.3 Å². The van der Waals surface area contributed by atoms with E-state index in [0.717, 1.165) is 20.5 Å². The smallest absolute Gasteiger partial charge is 0.0751 e. The fourth-order valence-corrected chi connectivity index (χ4v) is 2.29. The molecule has 0 amide bonds. The minimum absolute atomic E-state index is 0. The second-order valence-electron chi connectivity index (χ2n) is 8.65. The largest absolute Gasteiger partial charge is 1.00 e. The van der Waals surface area contributed by atoms with Crippen LogP contribution in [-0.2, 0) is 4.79 Å². The number of thiol groups is 1. The van der Waals surface area contributed by atoms with E-state index in [0.29, 0.717) is 5.75 Å². The van der Waals surface area contributed by atoms with Gasteiger partial charge in [0.05, 0.1) is 55.4 Å². The number of nitrogens with zero attached hydrogens (tertiary/aromatic N) is 2. The Balaban J connectivity index is -0.000000170. The Morgan fingerprint density at radius 3 is 1.59 bits per heavy atom. The molecule has 4 nitrogen and oxygen atoms in total. The van der Waals surface area contributed by atoms with Gasteiger partial charge in [-0.25, -0.2) is 0 Å². The first-order valence-corrected chi connectivity index (χ1v) is 11.6. The summed E-state index contributed by atoms with van der Waals surface area (Å²) in [5.74, 6) is 1.44. The summed E-state index contributed by atoms with van der Waals surface area (Å²) < 4.78 is 2.14. The van der Waals surface area contributed by atoms with Crippen molar-refractivity contribution in [3.63, 3.8) is 0 Å². The predicted molar refractivity (Wildman–Crippen MR) is 121 cm³/mol. The fourth-order valence-electron chi connectivity index (χ4n) is 0.998. The van der Waals surface area contributed by atoms with Gasteiger partial charge in [-0.3, -0.25) is 0 Å². The highest BCUT2D eigenvalue weighted by molar-refractivity contribution is 7.99. The van der Waals surface area contributed by atoms with E-state index in [2.05, 4.69) is 68.8 Å².